The van der Waals surface area contributed by atoms with Crippen LogP contribution in [0.3, 0.4) is 0 Å². The molecular formula is C21H24N4O2S2. The molecule has 0 amide bonds. The Kier molecular flexibility index (Phi) is 5.94. The van der Waals surface area contributed by atoms with Crippen molar-refractivity contribution in [1.29, 1.82) is 0 Å². The molecule has 0 spiro atoms. The predicted molar refractivity (Wildman–Crippen MR) is 117 cm³/mol. The second-order valence-electron chi connectivity index (χ2n) is 7.04. The Labute approximate surface area is 175 Å². The molecule has 8 heteroatoms. The number of anilines is 1. The lowest BCUT2D eigenvalue weighted by Crippen LogP contribution is -2.48. The number of aromatic nitrogens is 2. The molecule has 4 rings (SSSR count). The van der Waals surface area contributed by atoms with Gasteiger partial charge in [-0.3, -0.25) is 0 Å². The summed E-state index contributed by atoms with van der Waals surface area (Å²) in [7, 11) is -3.46. The number of benzene rings is 2. The van der Waals surface area contributed by atoms with Crippen LogP contribution in [-0.2, 0) is 16.4 Å². The van der Waals surface area contributed by atoms with Crippen LogP contribution >= 0.6 is 11.3 Å². The number of aryl methyl sites for hydroxylation is 1. The van der Waals surface area contributed by atoms with Crippen molar-refractivity contribution >= 4 is 26.5 Å². The van der Waals surface area contributed by atoms with Crippen molar-refractivity contribution in [1.82, 2.24) is 14.5 Å². The molecule has 6 nitrogen and oxygen atoms in total. The Morgan fingerprint density at radius 3 is 2.28 bits per heavy atom. The number of hydrogen-bond acceptors (Lipinski definition) is 6. The van der Waals surface area contributed by atoms with Crippen molar-refractivity contribution in [3.8, 4) is 10.6 Å². The van der Waals surface area contributed by atoms with Crippen LogP contribution in [0.5, 0.6) is 0 Å². The van der Waals surface area contributed by atoms with E-state index < -0.39 is 10.0 Å². The lowest BCUT2D eigenvalue weighted by Gasteiger charge is -2.33. The quantitative estimate of drug-likeness (QED) is 0.599. The van der Waals surface area contributed by atoms with Gasteiger partial charge in [0.2, 0.25) is 15.2 Å². The fourth-order valence-electron chi connectivity index (χ4n) is 3.43. The molecule has 1 fully saturated rings. The molecule has 0 aliphatic carbocycles. The van der Waals surface area contributed by atoms with Gasteiger partial charge in [-0.2, -0.15) is 4.31 Å². The van der Waals surface area contributed by atoms with Gasteiger partial charge in [0.25, 0.3) is 0 Å². The monoisotopic (exact) mass is 428 g/mol. The normalized spacial score (nSPS) is 15.6. The van der Waals surface area contributed by atoms with Crippen molar-refractivity contribution < 1.29 is 8.42 Å². The van der Waals surface area contributed by atoms with Gasteiger partial charge in [0.15, 0.2) is 0 Å². The van der Waals surface area contributed by atoms with Crippen molar-refractivity contribution in [2.24, 2.45) is 0 Å². The van der Waals surface area contributed by atoms with Gasteiger partial charge in [-0.15, -0.1) is 10.2 Å². The van der Waals surface area contributed by atoms with Gasteiger partial charge in [0.1, 0.15) is 5.01 Å². The number of nitrogens with zero attached hydrogens (tertiary/aromatic N) is 4. The van der Waals surface area contributed by atoms with E-state index in [1.165, 1.54) is 16.9 Å². The molecule has 0 radical (unpaired) electrons. The van der Waals surface area contributed by atoms with Crippen LogP contribution in [0.25, 0.3) is 10.6 Å². The second-order valence-corrected chi connectivity index (χ2v) is 9.93. The van der Waals surface area contributed by atoms with Crippen molar-refractivity contribution in [2.75, 3.05) is 31.1 Å². The van der Waals surface area contributed by atoms with Gasteiger partial charge in [-0.1, -0.05) is 67.1 Å². The minimum Gasteiger partial charge on any atom is -0.344 e. The molecule has 0 bridgehead atoms. The Bertz CT molecular complexity index is 1040. The zero-order valence-corrected chi connectivity index (χ0v) is 18.0. The van der Waals surface area contributed by atoms with Crippen LogP contribution in [0.1, 0.15) is 18.9 Å². The number of hydrogen-bond donors (Lipinski definition) is 0. The van der Waals surface area contributed by atoms with Crippen LogP contribution in [-0.4, -0.2) is 49.1 Å². The summed E-state index contributed by atoms with van der Waals surface area (Å²) < 4.78 is 27.5. The fourth-order valence-corrected chi connectivity index (χ4v) is 5.75. The molecule has 2 heterocycles. The third kappa shape index (κ3) is 4.34. The van der Waals surface area contributed by atoms with E-state index in [4.69, 9.17) is 0 Å². The summed E-state index contributed by atoms with van der Waals surface area (Å²) in [6.45, 7) is 4.22. The topological polar surface area (TPSA) is 66.4 Å². The third-order valence-corrected chi connectivity index (χ3v) is 7.99. The molecule has 0 N–H and O–H groups in total. The number of rotatable bonds is 6. The van der Waals surface area contributed by atoms with Crippen molar-refractivity contribution in [3.05, 3.63) is 60.2 Å². The average molecular weight is 429 g/mol. The molecule has 0 unspecified atom stereocenters. The molecule has 152 valence electrons. The summed E-state index contributed by atoms with van der Waals surface area (Å²) in [4.78, 5) is 2.48. The van der Waals surface area contributed by atoms with E-state index in [-0.39, 0.29) is 0 Å². The fraction of sp³-hybridized carbons (Fsp3) is 0.333. The van der Waals surface area contributed by atoms with E-state index in [0.29, 0.717) is 31.1 Å². The zero-order valence-electron chi connectivity index (χ0n) is 16.4. The molecule has 1 aliphatic rings. The molecular weight excluding hydrogens is 404 g/mol. The van der Waals surface area contributed by atoms with Gasteiger partial charge < -0.3 is 4.90 Å². The highest BCUT2D eigenvalue weighted by Crippen LogP contribution is 2.29. The molecule has 1 aliphatic heterocycles. The first-order valence-corrected chi connectivity index (χ1v) is 12.1. The van der Waals surface area contributed by atoms with E-state index in [1.54, 1.807) is 16.4 Å². The van der Waals surface area contributed by atoms with E-state index in [9.17, 15) is 8.42 Å². The minimum absolute atomic E-state index is 0.369. The van der Waals surface area contributed by atoms with Crippen molar-refractivity contribution in [3.63, 3.8) is 0 Å². The predicted octanol–water partition coefficient (Wildman–Crippen LogP) is 3.67. The van der Waals surface area contributed by atoms with Crippen LogP contribution in [0.15, 0.2) is 59.5 Å². The van der Waals surface area contributed by atoms with Gasteiger partial charge in [0, 0.05) is 31.7 Å². The van der Waals surface area contributed by atoms with Gasteiger partial charge in [0.05, 0.1) is 4.90 Å². The summed E-state index contributed by atoms with van der Waals surface area (Å²) in [5.41, 5.74) is 2.21. The Morgan fingerprint density at radius 2 is 1.62 bits per heavy atom. The zero-order chi connectivity index (χ0) is 20.3. The standard InChI is InChI=1S/C21H24N4O2S2/c1-2-6-17-9-11-19(12-10-17)29(26,27)25-15-13-24(14-16-25)21-23-22-20(28-21)18-7-4-3-5-8-18/h3-5,7-12H,2,6,13-16H2,1H3. The van der Waals surface area contributed by atoms with E-state index in [1.807, 2.05) is 42.5 Å². The smallest absolute Gasteiger partial charge is 0.243 e. The Balaban J connectivity index is 1.42. The van der Waals surface area contributed by atoms with E-state index in [0.717, 1.165) is 28.5 Å². The number of piperazine rings is 1. The first-order valence-electron chi connectivity index (χ1n) is 9.81. The van der Waals surface area contributed by atoms with Crippen LogP contribution < -0.4 is 4.90 Å². The summed E-state index contributed by atoms with van der Waals surface area (Å²) in [6, 6.07) is 17.2. The second kappa shape index (κ2) is 8.61. The van der Waals surface area contributed by atoms with Gasteiger partial charge in [-0.05, 0) is 24.1 Å². The highest BCUT2D eigenvalue weighted by Gasteiger charge is 2.29. The van der Waals surface area contributed by atoms with Crippen LogP contribution in [0, 0.1) is 0 Å². The summed E-state index contributed by atoms with van der Waals surface area (Å²) in [6.07, 6.45) is 2.01. The first-order chi connectivity index (χ1) is 14.1. The third-order valence-electron chi connectivity index (χ3n) is 5.04. The maximum Gasteiger partial charge on any atom is 0.243 e. The first kappa shape index (κ1) is 20.0. The lowest BCUT2D eigenvalue weighted by atomic mass is 10.1. The highest BCUT2D eigenvalue weighted by atomic mass is 32.2. The van der Waals surface area contributed by atoms with Crippen molar-refractivity contribution in [2.45, 2.75) is 24.7 Å². The van der Waals surface area contributed by atoms with E-state index in [2.05, 4.69) is 22.0 Å². The van der Waals surface area contributed by atoms with E-state index >= 15 is 0 Å². The van der Waals surface area contributed by atoms with Gasteiger partial charge >= 0.3 is 0 Å². The molecule has 29 heavy (non-hydrogen) atoms. The minimum atomic E-state index is -3.46. The summed E-state index contributed by atoms with van der Waals surface area (Å²) >= 11 is 1.54. The molecule has 2 aromatic carbocycles. The van der Waals surface area contributed by atoms with Crippen LogP contribution in [0.4, 0.5) is 5.13 Å². The highest BCUT2D eigenvalue weighted by molar-refractivity contribution is 7.89. The average Bonchev–Trinajstić information content (AvgIpc) is 3.25. The summed E-state index contributed by atoms with van der Waals surface area (Å²) in [5.74, 6) is 0. The largest absolute Gasteiger partial charge is 0.344 e. The molecule has 0 saturated carbocycles. The Morgan fingerprint density at radius 1 is 0.931 bits per heavy atom. The molecule has 1 aromatic heterocycles. The Hall–Kier alpha value is -2.29. The van der Waals surface area contributed by atoms with Crippen LogP contribution in [0.2, 0.25) is 0 Å². The maximum atomic E-state index is 13.0. The maximum absolute atomic E-state index is 13.0. The SMILES string of the molecule is CCCc1ccc(S(=O)(=O)N2CCN(c3nnc(-c4ccccc4)s3)CC2)cc1. The molecule has 1 saturated heterocycles. The number of sulfonamides is 1. The van der Waals surface area contributed by atoms with Gasteiger partial charge in [-0.25, -0.2) is 8.42 Å². The molecule has 0 atom stereocenters. The molecule has 3 aromatic rings. The summed E-state index contributed by atoms with van der Waals surface area (Å²) in [5, 5.41) is 10.3. The lowest BCUT2D eigenvalue weighted by molar-refractivity contribution is 0.384.